The molecule has 4 heteroatoms. The monoisotopic (exact) mass is 341 g/mol. The van der Waals surface area contributed by atoms with Crippen molar-refractivity contribution in [2.75, 3.05) is 6.54 Å². The molecule has 0 spiro atoms. The second-order valence-electron chi connectivity index (χ2n) is 5.99. The zero-order chi connectivity index (χ0) is 14.5. The molecule has 1 aliphatic carbocycles. The zero-order valence-electron chi connectivity index (χ0n) is 13.1. The van der Waals surface area contributed by atoms with E-state index in [2.05, 4.69) is 51.9 Å². The van der Waals surface area contributed by atoms with Crippen LogP contribution in [0.5, 0.6) is 0 Å². The maximum Gasteiger partial charge on any atom is 0.0766 e. The topological polar surface area (TPSA) is 29.9 Å². The van der Waals surface area contributed by atoms with Crippen LogP contribution in [0, 0.1) is 5.92 Å². The van der Waals surface area contributed by atoms with Gasteiger partial charge in [0.25, 0.3) is 0 Å². The highest BCUT2D eigenvalue weighted by Crippen LogP contribution is 2.31. The smallest absolute Gasteiger partial charge is 0.0766 e. The van der Waals surface area contributed by atoms with Crippen LogP contribution in [0.25, 0.3) is 0 Å². The summed E-state index contributed by atoms with van der Waals surface area (Å²) in [4.78, 5) is 0. The third-order valence-electron chi connectivity index (χ3n) is 4.54. The fraction of sp³-hybridized carbons (Fsp3) is 0.812. The summed E-state index contributed by atoms with van der Waals surface area (Å²) in [5.41, 5.74) is 2.53. The first-order chi connectivity index (χ1) is 9.67. The van der Waals surface area contributed by atoms with Gasteiger partial charge in [-0.2, -0.15) is 5.10 Å². The molecule has 0 saturated heterocycles. The van der Waals surface area contributed by atoms with E-state index in [9.17, 15) is 0 Å². The number of nitrogens with one attached hydrogen (secondary N) is 1. The Bertz CT molecular complexity index is 422. The van der Waals surface area contributed by atoms with Crippen molar-refractivity contribution >= 4 is 15.9 Å². The molecule has 3 nitrogen and oxygen atoms in total. The Morgan fingerprint density at radius 1 is 1.35 bits per heavy atom. The first kappa shape index (κ1) is 16.0. The molecule has 1 saturated carbocycles. The van der Waals surface area contributed by atoms with Crippen molar-refractivity contribution in [3.8, 4) is 0 Å². The third-order valence-corrected chi connectivity index (χ3v) is 5.46. The number of hydrogen-bond donors (Lipinski definition) is 1. The highest BCUT2D eigenvalue weighted by Gasteiger charge is 2.26. The Kier molecular flexibility index (Phi) is 6.09. The second-order valence-corrected chi connectivity index (χ2v) is 6.79. The number of aromatic nitrogens is 2. The quantitative estimate of drug-likeness (QED) is 0.816. The van der Waals surface area contributed by atoms with Crippen molar-refractivity contribution in [3.63, 3.8) is 0 Å². The molecule has 1 aromatic rings. The van der Waals surface area contributed by atoms with Gasteiger partial charge in [-0.1, -0.05) is 26.7 Å². The predicted molar refractivity (Wildman–Crippen MR) is 88.0 cm³/mol. The third kappa shape index (κ3) is 3.64. The maximum atomic E-state index is 4.63. The summed E-state index contributed by atoms with van der Waals surface area (Å²) in [6, 6.07) is 0.605. The number of rotatable bonds is 7. The van der Waals surface area contributed by atoms with Gasteiger partial charge in [-0.3, -0.25) is 4.68 Å². The Hall–Kier alpha value is -0.350. The van der Waals surface area contributed by atoms with Gasteiger partial charge in [0, 0.05) is 19.5 Å². The molecule has 0 amide bonds. The molecule has 1 aromatic heterocycles. The van der Waals surface area contributed by atoms with Gasteiger partial charge in [-0.25, -0.2) is 0 Å². The molecule has 0 bridgehead atoms. The van der Waals surface area contributed by atoms with E-state index in [-0.39, 0.29) is 0 Å². The largest absolute Gasteiger partial charge is 0.313 e. The van der Waals surface area contributed by atoms with E-state index in [4.69, 9.17) is 0 Å². The standard InChI is InChI=1S/C16H28BrN3/c1-4-10-18-14(12-8-6-7-9-12)11-15-16(17)13(5-2)19-20(15)3/h12,14,18H,4-11H2,1-3H3. The van der Waals surface area contributed by atoms with Crippen LogP contribution in [0.3, 0.4) is 0 Å². The van der Waals surface area contributed by atoms with E-state index in [0.717, 1.165) is 25.3 Å². The van der Waals surface area contributed by atoms with E-state index < -0.39 is 0 Å². The highest BCUT2D eigenvalue weighted by molar-refractivity contribution is 9.10. The number of halogens is 1. The first-order valence-electron chi connectivity index (χ1n) is 8.11. The average Bonchev–Trinajstić information content (AvgIpc) is 3.05. The normalized spacial score (nSPS) is 17.8. The molecular weight excluding hydrogens is 314 g/mol. The Morgan fingerprint density at radius 3 is 2.60 bits per heavy atom. The minimum absolute atomic E-state index is 0.605. The molecule has 1 aliphatic rings. The van der Waals surface area contributed by atoms with Gasteiger partial charge in [-0.15, -0.1) is 0 Å². The van der Waals surface area contributed by atoms with Crippen LogP contribution in [-0.2, 0) is 19.9 Å². The molecular formula is C16H28BrN3. The maximum absolute atomic E-state index is 4.63. The van der Waals surface area contributed by atoms with Gasteiger partial charge in [0.1, 0.15) is 0 Å². The van der Waals surface area contributed by atoms with Crippen LogP contribution in [0.1, 0.15) is 57.3 Å². The summed E-state index contributed by atoms with van der Waals surface area (Å²) < 4.78 is 3.29. The van der Waals surface area contributed by atoms with E-state index in [0.29, 0.717) is 6.04 Å². The summed E-state index contributed by atoms with van der Waals surface area (Å²) >= 11 is 3.76. The number of aryl methyl sites for hydroxylation is 2. The number of nitrogens with zero attached hydrogens (tertiary/aromatic N) is 2. The molecule has 1 heterocycles. The predicted octanol–water partition coefficient (Wildman–Crippen LogP) is 3.85. The van der Waals surface area contributed by atoms with Crippen molar-refractivity contribution in [1.82, 2.24) is 15.1 Å². The van der Waals surface area contributed by atoms with E-state index >= 15 is 0 Å². The average molecular weight is 342 g/mol. The SMILES string of the molecule is CCCNC(Cc1c(Br)c(CC)nn1C)C1CCCC1. The van der Waals surface area contributed by atoms with Crippen LogP contribution in [0.2, 0.25) is 0 Å². The molecule has 114 valence electrons. The summed E-state index contributed by atoms with van der Waals surface area (Å²) in [6.07, 6.45) is 8.87. The van der Waals surface area contributed by atoms with Crippen molar-refractivity contribution < 1.29 is 0 Å². The first-order valence-corrected chi connectivity index (χ1v) is 8.90. The highest BCUT2D eigenvalue weighted by atomic mass is 79.9. The number of hydrogen-bond acceptors (Lipinski definition) is 2. The molecule has 0 aromatic carbocycles. The minimum atomic E-state index is 0.605. The van der Waals surface area contributed by atoms with Crippen LogP contribution < -0.4 is 5.32 Å². The zero-order valence-corrected chi connectivity index (χ0v) is 14.7. The molecule has 1 fully saturated rings. The molecule has 1 atom stereocenters. The van der Waals surface area contributed by atoms with E-state index in [1.54, 1.807) is 0 Å². The van der Waals surface area contributed by atoms with Crippen LogP contribution in [0.4, 0.5) is 0 Å². The van der Waals surface area contributed by atoms with Gasteiger partial charge >= 0.3 is 0 Å². The Balaban J connectivity index is 2.11. The lowest BCUT2D eigenvalue weighted by Gasteiger charge is -2.25. The van der Waals surface area contributed by atoms with Gasteiger partial charge in [0.2, 0.25) is 0 Å². The fourth-order valence-corrected chi connectivity index (χ4v) is 4.12. The lowest BCUT2D eigenvalue weighted by atomic mass is 9.93. The van der Waals surface area contributed by atoms with Crippen molar-refractivity contribution in [2.45, 2.75) is 64.8 Å². The van der Waals surface area contributed by atoms with Crippen molar-refractivity contribution in [3.05, 3.63) is 15.9 Å². The summed E-state index contributed by atoms with van der Waals surface area (Å²) in [5.74, 6) is 0.841. The summed E-state index contributed by atoms with van der Waals surface area (Å²) in [7, 11) is 2.07. The molecule has 0 radical (unpaired) electrons. The van der Waals surface area contributed by atoms with Crippen molar-refractivity contribution in [1.29, 1.82) is 0 Å². The molecule has 1 unspecified atom stereocenters. The van der Waals surface area contributed by atoms with Gasteiger partial charge < -0.3 is 5.32 Å². The molecule has 2 rings (SSSR count). The van der Waals surface area contributed by atoms with Crippen LogP contribution in [0.15, 0.2) is 4.47 Å². The van der Waals surface area contributed by atoms with E-state index in [1.807, 2.05) is 0 Å². The fourth-order valence-electron chi connectivity index (χ4n) is 3.34. The lowest BCUT2D eigenvalue weighted by Crippen LogP contribution is -2.38. The second kappa shape index (κ2) is 7.60. The van der Waals surface area contributed by atoms with Crippen molar-refractivity contribution in [2.24, 2.45) is 13.0 Å². The van der Waals surface area contributed by atoms with Gasteiger partial charge in [0.15, 0.2) is 0 Å². The van der Waals surface area contributed by atoms with E-state index in [1.165, 1.54) is 48.0 Å². The molecule has 20 heavy (non-hydrogen) atoms. The Morgan fingerprint density at radius 2 is 2.05 bits per heavy atom. The van der Waals surface area contributed by atoms with Crippen LogP contribution >= 0.6 is 15.9 Å². The summed E-state index contributed by atoms with van der Waals surface area (Å²) in [6.45, 7) is 5.53. The Labute approximate surface area is 131 Å². The lowest BCUT2D eigenvalue weighted by molar-refractivity contribution is 0.350. The van der Waals surface area contributed by atoms with Crippen LogP contribution in [-0.4, -0.2) is 22.4 Å². The minimum Gasteiger partial charge on any atom is -0.313 e. The van der Waals surface area contributed by atoms with Gasteiger partial charge in [-0.05, 0) is 54.1 Å². The van der Waals surface area contributed by atoms with Gasteiger partial charge in [0.05, 0.1) is 15.9 Å². The molecule has 0 aliphatic heterocycles. The molecule has 1 N–H and O–H groups in total. The summed E-state index contributed by atoms with van der Waals surface area (Å²) in [5, 5.41) is 8.41.